The van der Waals surface area contributed by atoms with Crippen LogP contribution in [0.15, 0.2) is 52.6 Å². The van der Waals surface area contributed by atoms with Gasteiger partial charge in [0.15, 0.2) is 0 Å². The minimum atomic E-state index is -0.533. The molecule has 0 bridgehead atoms. The van der Waals surface area contributed by atoms with Gasteiger partial charge in [0, 0.05) is 24.0 Å². The fourth-order valence-corrected chi connectivity index (χ4v) is 4.11. The number of hydrogen-bond donors (Lipinski definition) is 2. The van der Waals surface area contributed by atoms with E-state index in [0.717, 1.165) is 37.8 Å². The number of aliphatic imine (C=N–C) groups is 2. The lowest BCUT2D eigenvalue weighted by Gasteiger charge is -2.45. The van der Waals surface area contributed by atoms with E-state index in [-0.39, 0.29) is 11.8 Å². The first-order valence-corrected chi connectivity index (χ1v) is 10.4. The van der Waals surface area contributed by atoms with E-state index in [1.807, 2.05) is 29.2 Å². The zero-order chi connectivity index (χ0) is 21.8. The molecule has 9 heteroatoms. The fraction of sp³-hybridized carbons (Fsp3) is 0.364. The van der Waals surface area contributed by atoms with Gasteiger partial charge in [-0.15, -0.1) is 0 Å². The number of guanidine groups is 2. The lowest BCUT2D eigenvalue weighted by molar-refractivity contribution is 0.0525. The lowest BCUT2D eigenvalue weighted by Crippen LogP contribution is -2.58. The van der Waals surface area contributed by atoms with Crippen LogP contribution in [-0.2, 0) is 4.74 Å². The Kier molecular flexibility index (Phi) is 5.75. The quantitative estimate of drug-likeness (QED) is 0.708. The first-order chi connectivity index (χ1) is 15.0. The van der Waals surface area contributed by atoms with Crippen molar-refractivity contribution in [2.75, 3.05) is 11.5 Å². The number of nitrogens with two attached hydrogens (primary N) is 2. The number of benzene rings is 1. The number of anilines is 1. The van der Waals surface area contributed by atoms with E-state index in [9.17, 15) is 4.79 Å². The van der Waals surface area contributed by atoms with Gasteiger partial charge in [-0.1, -0.05) is 12.5 Å². The van der Waals surface area contributed by atoms with Crippen LogP contribution in [0.25, 0.3) is 0 Å². The third-order valence-electron chi connectivity index (χ3n) is 5.40. The van der Waals surface area contributed by atoms with Crippen molar-refractivity contribution in [2.45, 2.75) is 44.7 Å². The number of hydrogen-bond acceptors (Lipinski definition) is 9. The maximum atomic E-state index is 12.0. The van der Waals surface area contributed by atoms with Crippen LogP contribution < -0.4 is 21.1 Å². The third kappa shape index (κ3) is 4.30. The van der Waals surface area contributed by atoms with Crippen LogP contribution in [0.4, 0.5) is 5.69 Å². The number of carbonyl (C=O) groups is 1. The van der Waals surface area contributed by atoms with Gasteiger partial charge in [-0.2, -0.15) is 4.99 Å². The Bertz CT molecular complexity index is 1030. The predicted molar refractivity (Wildman–Crippen MR) is 118 cm³/mol. The van der Waals surface area contributed by atoms with Crippen LogP contribution >= 0.6 is 0 Å². The molecule has 9 nitrogen and oxygen atoms in total. The van der Waals surface area contributed by atoms with Gasteiger partial charge >= 0.3 is 5.97 Å². The van der Waals surface area contributed by atoms with Gasteiger partial charge in [0.25, 0.3) is 0 Å². The van der Waals surface area contributed by atoms with E-state index >= 15 is 0 Å². The van der Waals surface area contributed by atoms with Gasteiger partial charge in [0.2, 0.25) is 17.8 Å². The predicted octanol–water partition coefficient (Wildman–Crippen LogP) is 3.16. The Hall–Kier alpha value is -3.62. The van der Waals surface area contributed by atoms with Gasteiger partial charge in [-0.05, 0) is 50.8 Å². The number of esters is 1. The van der Waals surface area contributed by atoms with Crippen molar-refractivity contribution in [1.82, 2.24) is 4.98 Å². The molecule has 2 aromatic rings. The molecule has 1 fully saturated rings. The second-order valence-electron chi connectivity index (χ2n) is 7.52. The Morgan fingerprint density at radius 2 is 1.97 bits per heavy atom. The largest absolute Gasteiger partial charge is 0.462 e. The average molecular weight is 422 g/mol. The van der Waals surface area contributed by atoms with Gasteiger partial charge in [0.1, 0.15) is 11.4 Å². The molecule has 31 heavy (non-hydrogen) atoms. The van der Waals surface area contributed by atoms with Gasteiger partial charge in [0.05, 0.1) is 12.2 Å². The maximum Gasteiger partial charge on any atom is 0.338 e. The zero-order valence-electron chi connectivity index (χ0n) is 17.5. The second-order valence-corrected chi connectivity index (χ2v) is 7.52. The first-order valence-electron chi connectivity index (χ1n) is 10.4. The van der Waals surface area contributed by atoms with Crippen molar-refractivity contribution in [3.8, 4) is 11.6 Å². The monoisotopic (exact) mass is 422 g/mol. The molecule has 0 radical (unpaired) electrons. The fourth-order valence-electron chi connectivity index (χ4n) is 4.11. The van der Waals surface area contributed by atoms with Crippen molar-refractivity contribution in [2.24, 2.45) is 21.5 Å². The molecule has 4 N–H and O–H groups in total. The SMILES string of the molecule is CCOC(=O)c1ccnc(Oc2cccc(N3C(N)=NC(N)=NC34CCCCC4)c2)c1. The van der Waals surface area contributed by atoms with Crippen LogP contribution in [0, 0.1) is 0 Å². The molecular weight excluding hydrogens is 396 g/mol. The second kappa shape index (κ2) is 8.63. The van der Waals surface area contributed by atoms with Crippen molar-refractivity contribution in [1.29, 1.82) is 0 Å². The molecule has 1 aromatic carbocycles. The van der Waals surface area contributed by atoms with Crippen LogP contribution in [0.1, 0.15) is 49.4 Å². The Balaban J connectivity index is 1.62. The highest BCUT2D eigenvalue weighted by atomic mass is 16.5. The third-order valence-corrected chi connectivity index (χ3v) is 5.40. The molecule has 1 aliphatic carbocycles. The van der Waals surface area contributed by atoms with Crippen molar-refractivity contribution in [3.63, 3.8) is 0 Å². The van der Waals surface area contributed by atoms with Gasteiger partial charge < -0.3 is 20.9 Å². The number of rotatable bonds is 5. The van der Waals surface area contributed by atoms with E-state index in [2.05, 4.69) is 9.98 Å². The summed E-state index contributed by atoms with van der Waals surface area (Å²) in [6, 6.07) is 10.6. The first kappa shape index (κ1) is 20.6. The molecule has 162 valence electrons. The molecule has 4 rings (SSSR count). The van der Waals surface area contributed by atoms with E-state index < -0.39 is 11.6 Å². The summed E-state index contributed by atoms with van der Waals surface area (Å²) in [7, 11) is 0. The van der Waals surface area contributed by atoms with Crippen molar-refractivity contribution < 1.29 is 14.3 Å². The molecule has 1 aromatic heterocycles. The van der Waals surface area contributed by atoms with Crippen LogP contribution in [0.2, 0.25) is 0 Å². The number of nitrogens with zero attached hydrogens (tertiary/aromatic N) is 4. The highest BCUT2D eigenvalue weighted by Crippen LogP contribution is 2.40. The highest BCUT2D eigenvalue weighted by molar-refractivity contribution is 6.05. The summed E-state index contributed by atoms with van der Waals surface area (Å²) in [6.07, 6.45) is 6.45. The molecule has 0 saturated heterocycles. The standard InChI is InChI=1S/C22H26N6O3/c1-2-30-19(29)15-9-12-25-18(13-15)31-17-8-6-7-16(14-17)28-21(24)26-20(23)27-22(28)10-4-3-5-11-22/h6-9,12-14H,2-5,10-11H2,1H3,(H4,23,24,26,27). The number of carbonyl (C=O) groups excluding carboxylic acids is 1. The van der Waals surface area contributed by atoms with E-state index in [0.29, 0.717) is 23.9 Å². The zero-order valence-corrected chi connectivity index (χ0v) is 17.5. The molecule has 1 aliphatic heterocycles. The molecule has 0 atom stereocenters. The van der Waals surface area contributed by atoms with Crippen molar-refractivity contribution in [3.05, 3.63) is 48.2 Å². The highest BCUT2D eigenvalue weighted by Gasteiger charge is 2.42. The Labute approximate surface area is 180 Å². The number of aromatic nitrogens is 1. The smallest absolute Gasteiger partial charge is 0.338 e. The summed E-state index contributed by atoms with van der Waals surface area (Å²) >= 11 is 0. The minimum Gasteiger partial charge on any atom is -0.462 e. The van der Waals surface area contributed by atoms with E-state index in [1.54, 1.807) is 19.1 Å². The molecule has 2 heterocycles. The van der Waals surface area contributed by atoms with Gasteiger partial charge in [-0.25, -0.2) is 14.8 Å². The van der Waals surface area contributed by atoms with E-state index in [1.165, 1.54) is 6.20 Å². The molecule has 0 unspecified atom stereocenters. The summed E-state index contributed by atoms with van der Waals surface area (Å²) in [5.74, 6) is 0.942. The topological polar surface area (TPSA) is 128 Å². The Morgan fingerprint density at radius 3 is 2.74 bits per heavy atom. The molecule has 0 amide bonds. The molecule has 1 saturated carbocycles. The normalized spacial score (nSPS) is 17.6. The number of ether oxygens (including phenoxy) is 2. The van der Waals surface area contributed by atoms with Crippen molar-refractivity contribution >= 4 is 23.6 Å². The summed E-state index contributed by atoms with van der Waals surface area (Å²) in [4.78, 5) is 27.0. The Morgan fingerprint density at radius 1 is 1.16 bits per heavy atom. The molecule has 2 aliphatic rings. The van der Waals surface area contributed by atoms with Crippen LogP contribution in [0.3, 0.4) is 0 Å². The van der Waals surface area contributed by atoms with Crippen LogP contribution in [-0.4, -0.2) is 35.1 Å². The molecule has 1 spiro atoms. The molecular formula is C22H26N6O3. The average Bonchev–Trinajstić information content (AvgIpc) is 2.74. The summed E-state index contributed by atoms with van der Waals surface area (Å²) < 4.78 is 11.0. The van der Waals surface area contributed by atoms with E-state index in [4.69, 9.17) is 25.9 Å². The van der Waals surface area contributed by atoms with Gasteiger partial charge in [-0.3, -0.25) is 4.90 Å². The number of pyridine rings is 1. The summed E-state index contributed by atoms with van der Waals surface area (Å²) in [5, 5.41) is 0. The summed E-state index contributed by atoms with van der Waals surface area (Å²) in [6.45, 7) is 2.06. The summed E-state index contributed by atoms with van der Waals surface area (Å²) in [5.41, 5.74) is 12.9. The van der Waals surface area contributed by atoms with Crippen LogP contribution in [0.5, 0.6) is 11.6 Å². The lowest BCUT2D eigenvalue weighted by atomic mass is 9.87. The minimum absolute atomic E-state index is 0.211. The maximum absolute atomic E-state index is 12.0.